The fraction of sp³-hybridized carbons (Fsp3) is 0. The molecule has 1 heterocycles. The van der Waals surface area contributed by atoms with Gasteiger partial charge in [0, 0.05) is 6.07 Å². The lowest BCUT2D eigenvalue weighted by molar-refractivity contribution is -0.497. The second-order valence-electron chi connectivity index (χ2n) is 2.03. The molecule has 1 aromatic rings. The number of rotatable bonds is 2. The predicted molar refractivity (Wildman–Crippen MR) is 41.2 cm³/mol. The standard InChI is InChI=1S/C6H5ClN2O3/c7-5-4(6(10)11)1-3(9-12)2-8-5/h1-2H,9H2,(H,10,11). The summed E-state index contributed by atoms with van der Waals surface area (Å²) in [6, 6.07) is 1.17. The zero-order valence-electron chi connectivity index (χ0n) is 5.82. The minimum atomic E-state index is -1.20. The van der Waals surface area contributed by atoms with E-state index in [1.165, 1.54) is 12.3 Å². The largest absolute Gasteiger partial charge is 0.630 e. The van der Waals surface area contributed by atoms with Crippen LogP contribution in [0.25, 0.3) is 0 Å². The molecule has 0 radical (unpaired) electrons. The molecular formula is C6H5ClN2O3. The molecule has 1 rings (SSSR count). The van der Waals surface area contributed by atoms with Crippen LogP contribution in [0.3, 0.4) is 0 Å². The maximum atomic E-state index is 10.4. The molecule has 0 atom stereocenters. The average Bonchev–Trinajstić information content (AvgIpc) is 2.05. The van der Waals surface area contributed by atoms with Crippen molar-refractivity contribution >= 4 is 23.3 Å². The van der Waals surface area contributed by atoms with Crippen molar-refractivity contribution in [3.63, 3.8) is 0 Å². The molecular weight excluding hydrogens is 184 g/mol. The van der Waals surface area contributed by atoms with Crippen molar-refractivity contribution in [3.8, 4) is 0 Å². The number of pyridine rings is 1. The van der Waals surface area contributed by atoms with Crippen LogP contribution in [0, 0.1) is 5.21 Å². The monoisotopic (exact) mass is 188 g/mol. The van der Waals surface area contributed by atoms with Gasteiger partial charge in [-0.2, -0.15) is 0 Å². The highest BCUT2D eigenvalue weighted by atomic mass is 35.5. The molecule has 3 N–H and O–H groups in total. The van der Waals surface area contributed by atoms with Gasteiger partial charge in [0.05, 0.1) is 6.20 Å². The fourth-order valence-corrected chi connectivity index (χ4v) is 0.863. The minimum absolute atomic E-state index is 0.117. The topological polar surface area (TPSA) is 89.9 Å². The summed E-state index contributed by atoms with van der Waals surface area (Å²) in [4.78, 5) is 14.0. The second kappa shape index (κ2) is 3.48. The van der Waals surface area contributed by atoms with Crippen molar-refractivity contribution in [2.24, 2.45) is 0 Å². The molecule has 0 fully saturated rings. The molecule has 12 heavy (non-hydrogen) atoms. The van der Waals surface area contributed by atoms with Crippen LogP contribution in [-0.2, 0) is 0 Å². The molecule has 0 aliphatic heterocycles. The molecule has 5 nitrogen and oxygen atoms in total. The number of hydrogen-bond donors (Lipinski definition) is 2. The third-order valence-electron chi connectivity index (χ3n) is 1.23. The number of nitrogens with two attached hydrogens (primary N) is 1. The van der Waals surface area contributed by atoms with Crippen LogP contribution in [0.1, 0.15) is 10.4 Å². The van der Waals surface area contributed by atoms with E-state index in [-0.39, 0.29) is 16.4 Å². The first-order chi connectivity index (χ1) is 5.65. The van der Waals surface area contributed by atoms with Gasteiger partial charge in [-0.1, -0.05) is 11.6 Å². The van der Waals surface area contributed by atoms with E-state index in [0.717, 1.165) is 0 Å². The lowest BCUT2D eigenvalue weighted by Gasteiger charge is -2.02. The van der Waals surface area contributed by atoms with Gasteiger partial charge in [-0.3, -0.25) is 0 Å². The fourth-order valence-electron chi connectivity index (χ4n) is 0.679. The number of quaternary nitrogens is 1. The van der Waals surface area contributed by atoms with Crippen LogP contribution in [0.4, 0.5) is 5.69 Å². The molecule has 0 amide bonds. The third kappa shape index (κ3) is 1.70. The number of carbonyl (C=O) groups is 1. The Morgan fingerprint density at radius 3 is 2.92 bits per heavy atom. The van der Waals surface area contributed by atoms with Crippen LogP contribution >= 0.6 is 11.6 Å². The maximum Gasteiger partial charge on any atom is 0.339 e. The average molecular weight is 189 g/mol. The first kappa shape index (κ1) is 8.92. The van der Waals surface area contributed by atoms with E-state index in [2.05, 4.69) is 4.98 Å². The lowest BCUT2D eigenvalue weighted by atomic mass is 10.3. The maximum absolute atomic E-state index is 10.4. The molecule has 1 aromatic heterocycles. The zero-order chi connectivity index (χ0) is 9.14. The summed E-state index contributed by atoms with van der Waals surface area (Å²) >= 11 is 5.44. The summed E-state index contributed by atoms with van der Waals surface area (Å²) in [6.45, 7) is 0. The Morgan fingerprint density at radius 1 is 1.75 bits per heavy atom. The first-order valence-corrected chi connectivity index (χ1v) is 3.37. The molecule has 0 bridgehead atoms. The van der Waals surface area contributed by atoms with Gasteiger partial charge in [0.25, 0.3) is 0 Å². The Balaban J connectivity index is 3.17. The molecule has 6 heteroatoms. The lowest BCUT2D eigenvalue weighted by Crippen LogP contribution is -2.70. The Morgan fingerprint density at radius 2 is 2.42 bits per heavy atom. The highest BCUT2D eigenvalue weighted by molar-refractivity contribution is 6.32. The summed E-state index contributed by atoms with van der Waals surface area (Å²) in [5.74, 6) is -1.20. The highest BCUT2D eigenvalue weighted by Crippen LogP contribution is 2.14. The van der Waals surface area contributed by atoms with E-state index in [4.69, 9.17) is 16.7 Å². The molecule has 64 valence electrons. The smallest absolute Gasteiger partial charge is 0.339 e. The van der Waals surface area contributed by atoms with Crippen LogP contribution in [0.15, 0.2) is 12.3 Å². The predicted octanol–water partition coefficient (Wildman–Crippen LogP) is 0.126. The van der Waals surface area contributed by atoms with Gasteiger partial charge in [0.15, 0.2) is 0 Å². The summed E-state index contributed by atoms with van der Waals surface area (Å²) in [6.07, 6.45) is 1.21. The Labute approximate surface area is 72.6 Å². The van der Waals surface area contributed by atoms with Crippen molar-refractivity contribution < 1.29 is 15.4 Å². The van der Waals surface area contributed by atoms with Crippen LogP contribution in [0.2, 0.25) is 5.15 Å². The van der Waals surface area contributed by atoms with E-state index in [0.29, 0.717) is 5.48 Å². The molecule has 0 aromatic carbocycles. The van der Waals surface area contributed by atoms with Gasteiger partial charge in [-0.25, -0.2) is 9.78 Å². The summed E-state index contributed by atoms with van der Waals surface area (Å²) in [7, 11) is 0. The first-order valence-electron chi connectivity index (χ1n) is 2.99. The summed E-state index contributed by atoms with van der Waals surface area (Å²) in [5, 5.41) is 18.6. The van der Waals surface area contributed by atoms with Gasteiger partial charge < -0.3 is 15.8 Å². The SMILES string of the molecule is O=C(O)c1cc([NH2+][O-])cnc1Cl. The van der Waals surface area contributed by atoms with Crippen LogP contribution < -0.4 is 5.48 Å². The van der Waals surface area contributed by atoms with Crippen molar-refractivity contribution in [2.45, 2.75) is 0 Å². The van der Waals surface area contributed by atoms with Crippen LogP contribution in [0.5, 0.6) is 0 Å². The molecule has 0 saturated carbocycles. The van der Waals surface area contributed by atoms with Gasteiger partial charge in [0.1, 0.15) is 16.4 Å². The number of nitrogens with zero attached hydrogens (tertiary/aromatic N) is 1. The molecule has 0 spiro atoms. The van der Waals surface area contributed by atoms with E-state index in [9.17, 15) is 10.0 Å². The number of carboxylic acid groups (broad SMARTS) is 1. The minimum Gasteiger partial charge on any atom is -0.630 e. The molecule has 0 unspecified atom stereocenters. The molecule has 0 aliphatic carbocycles. The van der Waals surface area contributed by atoms with Crippen molar-refractivity contribution in [2.75, 3.05) is 0 Å². The number of carboxylic acids is 1. The zero-order valence-corrected chi connectivity index (χ0v) is 6.58. The van der Waals surface area contributed by atoms with Gasteiger partial charge in [-0.05, 0) is 0 Å². The van der Waals surface area contributed by atoms with Gasteiger partial charge >= 0.3 is 5.97 Å². The molecule has 0 aliphatic rings. The second-order valence-corrected chi connectivity index (χ2v) is 2.39. The van der Waals surface area contributed by atoms with E-state index < -0.39 is 5.97 Å². The number of hydrogen-bond acceptors (Lipinski definition) is 3. The van der Waals surface area contributed by atoms with E-state index in [1.54, 1.807) is 0 Å². The summed E-state index contributed by atoms with van der Waals surface area (Å²) < 4.78 is 0. The number of aromatic carboxylic acids is 1. The quantitative estimate of drug-likeness (QED) is 0.510. The third-order valence-corrected chi connectivity index (χ3v) is 1.53. The Hall–Kier alpha value is -1.17. The van der Waals surface area contributed by atoms with Gasteiger partial charge in [-0.15, -0.1) is 0 Å². The Bertz CT molecular complexity index is 316. The summed E-state index contributed by atoms with van der Waals surface area (Å²) in [5.41, 5.74) is 0.536. The highest BCUT2D eigenvalue weighted by Gasteiger charge is 2.10. The number of aromatic nitrogens is 1. The van der Waals surface area contributed by atoms with E-state index >= 15 is 0 Å². The van der Waals surface area contributed by atoms with Crippen molar-refractivity contribution in [3.05, 3.63) is 28.2 Å². The number of halogens is 1. The Kier molecular flexibility index (Phi) is 2.59. The van der Waals surface area contributed by atoms with Crippen LogP contribution in [-0.4, -0.2) is 16.1 Å². The molecule has 0 saturated heterocycles. The van der Waals surface area contributed by atoms with Gasteiger partial charge in [0.2, 0.25) is 0 Å². The normalized spacial score (nSPS) is 9.83. The van der Waals surface area contributed by atoms with Crippen molar-refractivity contribution in [1.82, 2.24) is 4.98 Å². The van der Waals surface area contributed by atoms with E-state index in [1.807, 2.05) is 0 Å². The van der Waals surface area contributed by atoms with Crippen molar-refractivity contribution in [1.29, 1.82) is 0 Å².